The quantitative estimate of drug-likeness (QED) is 0.872. The van der Waals surface area contributed by atoms with Crippen molar-refractivity contribution in [2.75, 3.05) is 6.26 Å². The van der Waals surface area contributed by atoms with Gasteiger partial charge in [0.2, 0.25) is 0 Å². The molecule has 0 spiro atoms. The lowest BCUT2D eigenvalue weighted by Crippen LogP contribution is -2.58. The van der Waals surface area contributed by atoms with E-state index in [2.05, 4.69) is 20.8 Å². The van der Waals surface area contributed by atoms with Gasteiger partial charge in [0.1, 0.15) is 5.84 Å². The van der Waals surface area contributed by atoms with Crippen molar-refractivity contribution in [2.24, 2.45) is 9.98 Å². The molecule has 20 heavy (non-hydrogen) atoms. The molecule has 0 atom stereocenters. The third-order valence-electron chi connectivity index (χ3n) is 2.84. The number of hydrogen-bond acceptors (Lipinski definition) is 4. The number of hydrogen-bond donors (Lipinski definition) is 2. The SMILES string of the molecule is CSC1=NC(=NCc2ccc(Cl)c(Cl)c2)C(C)(C)NN1. The Balaban J connectivity index is 2.22. The molecular formula is C13H16Cl2N4S. The fraction of sp³-hybridized carbons (Fsp3) is 0.385. The van der Waals surface area contributed by atoms with Crippen LogP contribution in [0.1, 0.15) is 19.4 Å². The summed E-state index contributed by atoms with van der Waals surface area (Å²) < 4.78 is 0. The monoisotopic (exact) mass is 330 g/mol. The van der Waals surface area contributed by atoms with Crippen LogP contribution in [0.5, 0.6) is 0 Å². The summed E-state index contributed by atoms with van der Waals surface area (Å²) in [6.07, 6.45) is 1.96. The average Bonchev–Trinajstić information content (AvgIpc) is 2.41. The van der Waals surface area contributed by atoms with Crippen LogP contribution in [0.3, 0.4) is 0 Å². The van der Waals surface area contributed by atoms with Crippen molar-refractivity contribution in [3.8, 4) is 0 Å². The molecule has 0 fully saturated rings. The average molecular weight is 331 g/mol. The molecule has 2 N–H and O–H groups in total. The van der Waals surface area contributed by atoms with E-state index in [0.29, 0.717) is 16.6 Å². The van der Waals surface area contributed by atoms with Gasteiger partial charge in [0, 0.05) is 0 Å². The molecule has 1 aromatic rings. The van der Waals surface area contributed by atoms with Crippen molar-refractivity contribution >= 4 is 46.0 Å². The Hall–Kier alpha value is -0.750. The van der Waals surface area contributed by atoms with E-state index in [1.54, 1.807) is 6.07 Å². The summed E-state index contributed by atoms with van der Waals surface area (Å²) in [6.45, 7) is 4.56. The summed E-state index contributed by atoms with van der Waals surface area (Å²) in [5.41, 5.74) is 6.91. The summed E-state index contributed by atoms with van der Waals surface area (Å²) in [6, 6.07) is 5.52. The molecule has 1 heterocycles. The summed E-state index contributed by atoms with van der Waals surface area (Å²) >= 11 is 13.4. The number of rotatable bonds is 2. The van der Waals surface area contributed by atoms with Gasteiger partial charge in [0.05, 0.1) is 22.1 Å². The molecule has 0 bridgehead atoms. The maximum absolute atomic E-state index is 6.00. The number of amidine groups is 2. The first-order valence-corrected chi connectivity index (χ1v) is 8.05. The van der Waals surface area contributed by atoms with Crippen LogP contribution in [-0.2, 0) is 6.54 Å². The molecule has 4 nitrogen and oxygen atoms in total. The van der Waals surface area contributed by atoms with Gasteiger partial charge >= 0.3 is 0 Å². The van der Waals surface area contributed by atoms with Crippen LogP contribution in [0.2, 0.25) is 10.0 Å². The Morgan fingerprint density at radius 1 is 1.30 bits per heavy atom. The van der Waals surface area contributed by atoms with Crippen LogP contribution in [-0.4, -0.2) is 22.8 Å². The van der Waals surface area contributed by atoms with Crippen molar-refractivity contribution in [3.63, 3.8) is 0 Å². The van der Waals surface area contributed by atoms with Crippen LogP contribution < -0.4 is 10.9 Å². The number of hydrazine groups is 1. The number of nitrogens with one attached hydrogen (secondary N) is 2. The Kier molecular flexibility index (Phi) is 4.96. The highest BCUT2D eigenvalue weighted by atomic mass is 35.5. The number of nitrogens with zero attached hydrogens (tertiary/aromatic N) is 2. The van der Waals surface area contributed by atoms with Crippen molar-refractivity contribution in [2.45, 2.75) is 25.9 Å². The molecular weight excluding hydrogens is 315 g/mol. The minimum absolute atomic E-state index is 0.324. The second-order valence-electron chi connectivity index (χ2n) is 4.88. The normalized spacial score (nSPS) is 19.6. The van der Waals surface area contributed by atoms with Crippen LogP contribution in [0.4, 0.5) is 0 Å². The third kappa shape index (κ3) is 3.67. The third-order valence-corrected chi connectivity index (χ3v) is 4.16. The second-order valence-corrected chi connectivity index (χ2v) is 6.49. The zero-order valence-electron chi connectivity index (χ0n) is 11.5. The molecule has 1 aliphatic rings. The smallest absolute Gasteiger partial charge is 0.177 e. The lowest BCUT2D eigenvalue weighted by atomic mass is 10.1. The fourth-order valence-corrected chi connectivity index (χ4v) is 2.31. The number of halogens is 2. The van der Waals surface area contributed by atoms with Crippen LogP contribution >= 0.6 is 35.0 Å². The van der Waals surface area contributed by atoms with Gasteiger partial charge in [-0.1, -0.05) is 41.0 Å². The van der Waals surface area contributed by atoms with Crippen LogP contribution in [0.15, 0.2) is 28.2 Å². The summed E-state index contributed by atoms with van der Waals surface area (Å²) in [4.78, 5) is 9.09. The van der Waals surface area contributed by atoms with Crippen LogP contribution in [0.25, 0.3) is 0 Å². The molecule has 7 heteroatoms. The molecule has 0 amide bonds. The zero-order valence-corrected chi connectivity index (χ0v) is 13.8. The van der Waals surface area contributed by atoms with Crippen molar-refractivity contribution in [1.29, 1.82) is 0 Å². The minimum atomic E-state index is -0.324. The van der Waals surface area contributed by atoms with E-state index in [0.717, 1.165) is 16.6 Å². The van der Waals surface area contributed by atoms with Crippen molar-refractivity contribution < 1.29 is 0 Å². The maximum Gasteiger partial charge on any atom is 0.177 e. The van der Waals surface area contributed by atoms with Gasteiger partial charge in [0.15, 0.2) is 5.17 Å². The van der Waals surface area contributed by atoms with E-state index in [1.165, 1.54) is 11.8 Å². The minimum Gasteiger partial charge on any atom is -0.299 e. The van der Waals surface area contributed by atoms with Gasteiger partial charge in [0.25, 0.3) is 0 Å². The van der Waals surface area contributed by atoms with Crippen LogP contribution in [0, 0.1) is 0 Å². The van der Waals surface area contributed by atoms with Gasteiger partial charge in [-0.05, 0) is 37.8 Å². The zero-order chi connectivity index (χ0) is 14.8. The molecule has 0 aromatic heterocycles. The lowest BCUT2D eigenvalue weighted by Gasteiger charge is -2.31. The van der Waals surface area contributed by atoms with E-state index in [-0.39, 0.29) is 5.54 Å². The van der Waals surface area contributed by atoms with E-state index in [9.17, 15) is 0 Å². The molecule has 108 valence electrons. The molecule has 1 aliphatic heterocycles. The van der Waals surface area contributed by atoms with Crippen molar-refractivity contribution in [3.05, 3.63) is 33.8 Å². The molecule has 0 saturated carbocycles. The standard InChI is InChI=1S/C13H16Cl2N4S/c1-13(2)11(17-12(20-3)18-19-13)16-7-8-4-5-9(14)10(15)6-8/h4-6,19H,7H2,1-3H3,(H,16,17,18). The number of thioether (sulfide) groups is 1. The van der Waals surface area contributed by atoms with E-state index < -0.39 is 0 Å². The van der Waals surface area contributed by atoms with E-state index in [1.807, 2.05) is 32.2 Å². The van der Waals surface area contributed by atoms with E-state index in [4.69, 9.17) is 23.2 Å². The van der Waals surface area contributed by atoms with Gasteiger partial charge in [-0.15, -0.1) is 0 Å². The molecule has 2 rings (SSSR count). The van der Waals surface area contributed by atoms with E-state index >= 15 is 0 Å². The predicted molar refractivity (Wildman–Crippen MR) is 88.9 cm³/mol. The van der Waals surface area contributed by atoms with Gasteiger partial charge in [-0.3, -0.25) is 10.4 Å². The molecule has 0 radical (unpaired) electrons. The molecule has 1 aromatic carbocycles. The Bertz CT molecular complexity index is 569. The number of benzene rings is 1. The predicted octanol–water partition coefficient (Wildman–Crippen LogP) is 3.50. The molecule has 0 aliphatic carbocycles. The molecule has 0 saturated heterocycles. The highest BCUT2D eigenvalue weighted by molar-refractivity contribution is 8.13. The fourth-order valence-electron chi connectivity index (χ4n) is 1.66. The van der Waals surface area contributed by atoms with Gasteiger partial charge in [-0.2, -0.15) is 0 Å². The second kappa shape index (κ2) is 6.35. The summed E-state index contributed by atoms with van der Waals surface area (Å²) in [5, 5.41) is 1.90. The Morgan fingerprint density at radius 3 is 2.70 bits per heavy atom. The Morgan fingerprint density at radius 2 is 2.05 bits per heavy atom. The van der Waals surface area contributed by atoms with Gasteiger partial charge < -0.3 is 0 Å². The molecule has 0 unspecified atom stereocenters. The first kappa shape index (κ1) is 15.6. The lowest BCUT2D eigenvalue weighted by molar-refractivity contribution is 0.466. The summed E-state index contributed by atoms with van der Waals surface area (Å²) in [7, 11) is 0. The first-order chi connectivity index (χ1) is 9.42. The Labute approximate surface area is 133 Å². The maximum atomic E-state index is 6.00. The highest BCUT2D eigenvalue weighted by Gasteiger charge is 2.28. The van der Waals surface area contributed by atoms with Gasteiger partial charge in [-0.25, -0.2) is 10.4 Å². The largest absolute Gasteiger partial charge is 0.299 e. The topological polar surface area (TPSA) is 48.8 Å². The van der Waals surface area contributed by atoms with Crippen molar-refractivity contribution in [1.82, 2.24) is 10.9 Å². The first-order valence-electron chi connectivity index (χ1n) is 6.07. The highest BCUT2D eigenvalue weighted by Crippen LogP contribution is 2.23. The summed E-state index contributed by atoms with van der Waals surface area (Å²) in [5.74, 6) is 0.756. The number of aliphatic imine (C=N–C) groups is 2.